The third-order valence-corrected chi connectivity index (χ3v) is 5.55. The molecule has 1 aromatic heterocycles. The minimum Gasteiger partial charge on any atom is -0.352 e. The Hall–Kier alpha value is -1.01. The van der Waals surface area contributed by atoms with Crippen LogP contribution < -0.4 is 5.32 Å². The lowest BCUT2D eigenvalue weighted by Gasteiger charge is -2.26. The van der Waals surface area contributed by atoms with Crippen molar-refractivity contribution in [2.75, 3.05) is 11.6 Å². The molecule has 0 unspecified atom stereocenters. The smallest absolute Gasteiger partial charge is 0.243 e. The van der Waals surface area contributed by atoms with E-state index in [0.29, 0.717) is 24.0 Å². The first-order valence-electron chi connectivity index (χ1n) is 7.17. The van der Waals surface area contributed by atoms with Crippen LogP contribution in [0.15, 0.2) is 16.8 Å². The fourth-order valence-corrected chi connectivity index (χ4v) is 3.91. The van der Waals surface area contributed by atoms with E-state index in [9.17, 15) is 9.59 Å². The second-order valence-corrected chi connectivity index (χ2v) is 7.51. The molecule has 116 valence electrons. The topological polar surface area (TPSA) is 49.4 Å². The van der Waals surface area contributed by atoms with Gasteiger partial charge in [-0.3, -0.25) is 9.59 Å². The maximum Gasteiger partial charge on any atom is 0.243 e. The summed E-state index contributed by atoms with van der Waals surface area (Å²) >= 11 is 3.23. The number of nitrogens with zero attached hydrogens (tertiary/aromatic N) is 1. The molecule has 2 rings (SSSR count). The Morgan fingerprint density at radius 1 is 1.43 bits per heavy atom. The fraction of sp³-hybridized carbons (Fsp3) is 0.600. The lowest BCUT2D eigenvalue weighted by molar-refractivity contribution is -0.137. The van der Waals surface area contributed by atoms with Crippen molar-refractivity contribution in [1.29, 1.82) is 0 Å². The number of amides is 2. The van der Waals surface area contributed by atoms with Crippen molar-refractivity contribution in [2.24, 2.45) is 5.92 Å². The largest absolute Gasteiger partial charge is 0.352 e. The number of carbonyl (C=O) groups is 2. The molecule has 0 bridgehead atoms. The second-order valence-electron chi connectivity index (χ2n) is 5.73. The van der Waals surface area contributed by atoms with Gasteiger partial charge in [0.2, 0.25) is 11.8 Å². The summed E-state index contributed by atoms with van der Waals surface area (Å²) in [5.41, 5.74) is 1.02. The summed E-state index contributed by atoms with van der Waals surface area (Å²) in [6, 6.07) is 1.75. The highest BCUT2D eigenvalue weighted by atomic mass is 32.2. The molecule has 1 aromatic rings. The van der Waals surface area contributed by atoms with Gasteiger partial charge in [-0.25, -0.2) is 0 Å². The zero-order chi connectivity index (χ0) is 15.4. The van der Waals surface area contributed by atoms with Gasteiger partial charge in [0, 0.05) is 11.8 Å². The quantitative estimate of drug-likeness (QED) is 0.903. The van der Waals surface area contributed by atoms with E-state index in [1.807, 2.05) is 23.8 Å². The summed E-state index contributed by atoms with van der Waals surface area (Å²) in [5.74, 6) is 1.69. The van der Waals surface area contributed by atoms with Crippen LogP contribution in [0.4, 0.5) is 0 Å². The maximum absolute atomic E-state index is 12.4. The minimum atomic E-state index is -0.331. The van der Waals surface area contributed by atoms with E-state index in [-0.39, 0.29) is 23.9 Å². The first-order valence-corrected chi connectivity index (χ1v) is 9.27. The summed E-state index contributed by atoms with van der Waals surface area (Å²) in [4.78, 5) is 26.5. The first-order chi connectivity index (χ1) is 9.99. The highest BCUT2D eigenvalue weighted by Gasteiger charge is 2.35. The number of rotatable bonds is 5. The predicted molar refractivity (Wildman–Crippen MR) is 88.4 cm³/mol. The van der Waals surface area contributed by atoms with Crippen LogP contribution in [0.25, 0.3) is 0 Å². The lowest BCUT2D eigenvalue weighted by Crippen LogP contribution is -2.50. The summed E-state index contributed by atoms with van der Waals surface area (Å²) in [7, 11) is 0. The van der Waals surface area contributed by atoms with E-state index in [1.54, 1.807) is 28.0 Å². The van der Waals surface area contributed by atoms with Crippen LogP contribution in [0.3, 0.4) is 0 Å². The maximum atomic E-state index is 12.4. The number of nitrogens with one attached hydrogen (secondary N) is 1. The average molecular weight is 326 g/mol. The molecule has 0 spiro atoms. The van der Waals surface area contributed by atoms with Gasteiger partial charge in [0.25, 0.3) is 0 Å². The molecule has 1 saturated heterocycles. The van der Waals surface area contributed by atoms with Gasteiger partial charge in [-0.2, -0.15) is 11.3 Å². The molecule has 4 nitrogen and oxygen atoms in total. The Morgan fingerprint density at radius 3 is 2.81 bits per heavy atom. The molecule has 21 heavy (non-hydrogen) atoms. The molecule has 6 heteroatoms. The monoisotopic (exact) mass is 326 g/mol. The number of thioether (sulfide) groups is 1. The molecule has 2 atom stereocenters. The summed E-state index contributed by atoms with van der Waals surface area (Å²) in [6.07, 6.45) is 0.383. The Bertz CT molecular complexity index is 488. The van der Waals surface area contributed by atoms with Gasteiger partial charge in [-0.05, 0) is 35.2 Å². The van der Waals surface area contributed by atoms with Crippen LogP contribution in [0.5, 0.6) is 0 Å². The van der Waals surface area contributed by atoms with Crippen molar-refractivity contribution in [3.63, 3.8) is 0 Å². The normalized spacial score (nSPS) is 19.8. The Morgan fingerprint density at radius 2 is 2.19 bits per heavy atom. The third kappa shape index (κ3) is 4.23. The van der Waals surface area contributed by atoms with Gasteiger partial charge in [-0.15, -0.1) is 11.8 Å². The number of carbonyl (C=O) groups excluding carboxylic acids is 2. The Balaban J connectivity index is 1.96. The molecule has 0 radical (unpaired) electrons. The van der Waals surface area contributed by atoms with Crippen molar-refractivity contribution in [3.05, 3.63) is 22.4 Å². The SMILES string of the molecule is CC(C)[C@H](C)NC(=O)[C@H]1CSCN1C(=O)Cc1ccsc1. The molecule has 1 fully saturated rings. The number of thiophene rings is 1. The van der Waals surface area contributed by atoms with E-state index in [2.05, 4.69) is 19.2 Å². The third-order valence-electron chi connectivity index (χ3n) is 3.81. The van der Waals surface area contributed by atoms with Crippen LogP contribution in [0, 0.1) is 5.92 Å². The van der Waals surface area contributed by atoms with Crippen LogP contribution in [0.1, 0.15) is 26.3 Å². The van der Waals surface area contributed by atoms with E-state index in [0.717, 1.165) is 5.56 Å². The molecule has 1 aliphatic heterocycles. The molecule has 2 amide bonds. The predicted octanol–water partition coefficient (Wildman–Crippen LogP) is 2.35. The molecular weight excluding hydrogens is 304 g/mol. The zero-order valence-corrected chi connectivity index (χ0v) is 14.3. The molecule has 1 aliphatic rings. The average Bonchev–Trinajstić information content (AvgIpc) is 3.08. The van der Waals surface area contributed by atoms with Gasteiger partial charge < -0.3 is 10.2 Å². The first kappa shape index (κ1) is 16.4. The molecule has 0 aliphatic carbocycles. The van der Waals surface area contributed by atoms with E-state index >= 15 is 0 Å². The van der Waals surface area contributed by atoms with Gasteiger partial charge in [0.15, 0.2) is 0 Å². The highest BCUT2D eigenvalue weighted by Crippen LogP contribution is 2.23. The lowest BCUT2D eigenvalue weighted by atomic mass is 10.1. The van der Waals surface area contributed by atoms with E-state index in [4.69, 9.17) is 0 Å². The summed E-state index contributed by atoms with van der Waals surface area (Å²) in [5, 5.41) is 6.97. The van der Waals surface area contributed by atoms with Gasteiger partial charge >= 0.3 is 0 Å². The van der Waals surface area contributed by atoms with Crippen molar-refractivity contribution >= 4 is 34.9 Å². The van der Waals surface area contributed by atoms with Crippen molar-refractivity contribution in [3.8, 4) is 0 Å². The second kappa shape index (κ2) is 7.31. The molecular formula is C15H22N2O2S2. The van der Waals surface area contributed by atoms with E-state index in [1.165, 1.54) is 0 Å². The van der Waals surface area contributed by atoms with Crippen LogP contribution in [-0.2, 0) is 16.0 Å². The standard InChI is InChI=1S/C15H22N2O2S2/c1-10(2)11(3)16-15(19)13-8-21-9-17(13)14(18)6-12-4-5-20-7-12/h4-5,7,10-11,13H,6,8-9H2,1-3H3,(H,16,19)/t11-,13+/m0/s1. The van der Waals surface area contributed by atoms with Crippen molar-refractivity contribution in [2.45, 2.75) is 39.3 Å². The fourth-order valence-electron chi connectivity index (χ4n) is 2.06. The molecule has 1 N–H and O–H groups in total. The van der Waals surface area contributed by atoms with Crippen LogP contribution >= 0.6 is 23.1 Å². The van der Waals surface area contributed by atoms with Crippen molar-refractivity contribution < 1.29 is 9.59 Å². The van der Waals surface area contributed by atoms with Gasteiger partial charge in [0.05, 0.1) is 12.3 Å². The summed E-state index contributed by atoms with van der Waals surface area (Å²) < 4.78 is 0. The van der Waals surface area contributed by atoms with Gasteiger partial charge in [0.1, 0.15) is 6.04 Å². The number of hydrogen-bond acceptors (Lipinski definition) is 4. The van der Waals surface area contributed by atoms with E-state index < -0.39 is 0 Å². The van der Waals surface area contributed by atoms with Crippen molar-refractivity contribution in [1.82, 2.24) is 10.2 Å². The van der Waals surface area contributed by atoms with Crippen LogP contribution in [-0.4, -0.2) is 40.4 Å². The van der Waals surface area contributed by atoms with Crippen LogP contribution in [0.2, 0.25) is 0 Å². The molecule has 2 heterocycles. The Kier molecular flexibility index (Phi) is 5.70. The highest BCUT2D eigenvalue weighted by molar-refractivity contribution is 7.99. The Labute approximate surface area is 134 Å². The minimum absolute atomic E-state index is 0.0279. The number of hydrogen-bond donors (Lipinski definition) is 1. The zero-order valence-electron chi connectivity index (χ0n) is 12.7. The molecule has 0 aromatic carbocycles. The molecule has 0 saturated carbocycles. The van der Waals surface area contributed by atoms with Gasteiger partial charge in [-0.1, -0.05) is 13.8 Å². The summed E-state index contributed by atoms with van der Waals surface area (Å²) in [6.45, 7) is 6.16.